The van der Waals surface area contributed by atoms with Gasteiger partial charge in [-0.25, -0.2) is 0 Å². The Labute approximate surface area is 74.9 Å². The molecule has 0 radical (unpaired) electrons. The van der Waals surface area contributed by atoms with Gasteiger partial charge >= 0.3 is 0 Å². The molecule has 0 rings (SSSR count). The lowest BCUT2D eigenvalue weighted by molar-refractivity contribution is 0.0774. The van der Waals surface area contributed by atoms with Crippen LogP contribution in [0.15, 0.2) is 0 Å². The Balaban J connectivity index is 3.10. The van der Waals surface area contributed by atoms with E-state index < -0.39 is 0 Å². The van der Waals surface area contributed by atoms with Crippen LogP contribution in [0, 0.1) is 0 Å². The zero-order valence-electron chi connectivity index (χ0n) is 8.09. The molecule has 0 saturated heterocycles. The van der Waals surface area contributed by atoms with Crippen molar-refractivity contribution in [2.24, 2.45) is 0 Å². The molecule has 0 heterocycles. The fraction of sp³-hybridized carbons (Fsp3) is 1.00. The van der Waals surface area contributed by atoms with Gasteiger partial charge in [-0.15, -0.1) is 0 Å². The molecule has 0 aromatic rings. The molecule has 1 atom stereocenters. The lowest BCUT2D eigenvalue weighted by Crippen LogP contribution is -2.08. The first-order valence-corrected chi connectivity index (χ1v) is 5.44. The topological polar surface area (TPSA) is 9.23 Å². The second-order valence-electron chi connectivity index (χ2n) is 2.97. The van der Waals surface area contributed by atoms with Crippen LogP contribution >= 0.6 is 11.8 Å². The predicted octanol–water partition coefficient (Wildman–Crippen LogP) is 2.94. The molecule has 2 heteroatoms. The summed E-state index contributed by atoms with van der Waals surface area (Å²) in [5.41, 5.74) is 0. The third kappa shape index (κ3) is 8.21. The van der Waals surface area contributed by atoms with Gasteiger partial charge in [0.1, 0.15) is 0 Å². The normalized spacial score (nSPS) is 13.9. The minimum Gasteiger partial charge on any atom is -0.379 e. The molecular formula is C9H20OS. The zero-order chi connectivity index (χ0) is 8.69. The van der Waals surface area contributed by atoms with Gasteiger partial charge in [-0.3, -0.25) is 0 Å². The van der Waals surface area contributed by atoms with Crippen molar-refractivity contribution in [1.82, 2.24) is 0 Å². The average molecular weight is 176 g/mol. The van der Waals surface area contributed by atoms with Crippen molar-refractivity contribution in [2.45, 2.75) is 45.5 Å². The maximum Gasteiger partial charge on any atom is 0.0518 e. The predicted molar refractivity (Wildman–Crippen MR) is 53.3 cm³/mol. The second kappa shape index (κ2) is 6.99. The molecule has 0 aromatic carbocycles. The second-order valence-corrected chi connectivity index (χ2v) is 4.69. The molecule has 0 N–H and O–H groups in total. The summed E-state index contributed by atoms with van der Waals surface area (Å²) in [6.45, 7) is 9.53. The molecule has 0 saturated carbocycles. The maximum absolute atomic E-state index is 5.45. The third-order valence-corrected chi connectivity index (χ3v) is 2.56. The highest BCUT2D eigenvalue weighted by molar-refractivity contribution is 7.99. The van der Waals surface area contributed by atoms with Crippen molar-refractivity contribution in [3.05, 3.63) is 0 Å². The summed E-state index contributed by atoms with van der Waals surface area (Å²) in [5, 5.41) is 0.749. The molecule has 68 valence electrons. The molecule has 1 unspecified atom stereocenters. The fourth-order valence-electron chi connectivity index (χ4n) is 0.838. The van der Waals surface area contributed by atoms with E-state index in [4.69, 9.17) is 4.74 Å². The summed E-state index contributed by atoms with van der Waals surface area (Å²) >= 11 is 2.00. The largest absolute Gasteiger partial charge is 0.379 e. The Bertz CT molecular complexity index is 83.6. The van der Waals surface area contributed by atoms with Gasteiger partial charge < -0.3 is 4.74 Å². The molecule has 0 aromatic heterocycles. The number of rotatable bonds is 6. The molecule has 0 bridgehead atoms. The monoisotopic (exact) mass is 176 g/mol. The van der Waals surface area contributed by atoms with Crippen LogP contribution in [0.5, 0.6) is 0 Å². The lowest BCUT2D eigenvalue weighted by atomic mass is 10.3. The van der Waals surface area contributed by atoms with Gasteiger partial charge in [-0.2, -0.15) is 11.8 Å². The smallest absolute Gasteiger partial charge is 0.0518 e. The molecule has 11 heavy (non-hydrogen) atoms. The van der Waals surface area contributed by atoms with Crippen LogP contribution in [0.4, 0.5) is 0 Å². The molecule has 0 aliphatic rings. The van der Waals surface area contributed by atoms with Gasteiger partial charge in [0.2, 0.25) is 0 Å². The van der Waals surface area contributed by atoms with E-state index in [-0.39, 0.29) is 0 Å². The Morgan fingerprint density at radius 1 is 1.27 bits per heavy atom. The van der Waals surface area contributed by atoms with Crippen LogP contribution in [0.2, 0.25) is 0 Å². The van der Waals surface area contributed by atoms with Gasteiger partial charge in [0.25, 0.3) is 0 Å². The summed E-state index contributed by atoms with van der Waals surface area (Å²) in [6, 6.07) is 0. The first-order chi connectivity index (χ1) is 5.16. The molecule has 0 aliphatic heterocycles. The SMILES string of the molecule is CCSC(C)CCOC(C)C. The maximum atomic E-state index is 5.45. The van der Waals surface area contributed by atoms with Gasteiger partial charge in [0.15, 0.2) is 0 Å². The van der Waals surface area contributed by atoms with Crippen LogP contribution in [-0.2, 0) is 4.74 Å². The lowest BCUT2D eigenvalue weighted by Gasteiger charge is -2.11. The minimum absolute atomic E-state index is 0.383. The van der Waals surface area contributed by atoms with Gasteiger partial charge in [0.05, 0.1) is 6.10 Å². The van der Waals surface area contributed by atoms with Crippen molar-refractivity contribution in [3.8, 4) is 0 Å². The van der Waals surface area contributed by atoms with E-state index in [9.17, 15) is 0 Å². The summed E-state index contributed by atoms with van der Waals surface area (Å²) in [4.78, 5) is 0. The summed E-state index contributed by atoms with van der Waals surface area (Å²) < 4.78 is 5.45. The van der Waals surface area contributed by atoms with E-state index >= 15 is 0 Å². The highest BCUT2D eigenvalue weighted by atomic mass is 32.2. The average Bonchev–Trinajstić information content (AvgIpc) is 1.87. The Kier molecular flexibility index (Phi) is 7.18. The van der Waals surface area contributed by atoms with Crippen LogP contribution in [-0.4, -0.2) is 23.7 Å². The van der Waals surface area contributed by atoms with Gasteiger partial charge in [0, 0.05) is 11.9 Å². The van der Waals surface area contributed by atoms with Crippen molar-refractivity contribution in [2.75, 3.05) is 12.4 Å². The number of thioether (sulfide) groups is 1. The Hall–Kier alpha value is 0.310. The fourth-order valence-corrected chi connectivity index (χ4v) is 1.67. The van der Waals surface area contributed by atoms with Gasteiger partial charge in [-0.05, 0) is 26.0 Å². The van der Waals surface area contributed by atoms with E-state index in [1.807, 2.05) is 11.8 Å². The Morgan fingerprint density at radius 3 is 2.36 bits per heavy atom. The molecule has 0 amide bonds. The van der Waals surface area contributed by atoms with Crippen molar-refractivity contribution >= 4 is 11.8 Å². The molecule has 0 spiro atoms. The minimum atomic E-state index is 0.383. The number of hydrogen-bond acceptors (Lipinski definition) is 2. The van der Waals surface area contributed by atoms with Crippen molar-refractivity contribution in [1.29, 1.82) is 0 Å². The standard InChI is InChI=1S/C9H20OS/c1-5-11-9(4)6-7-10-8(2)3/h8-9H,5-7H2,1-4H3. The van der Waals surface area contributed by atoms with Crippen molar-refractivity contribution in [3.63, 3.8) is 0 Å². The first-order valence-electron chi connectivity index (χ1n) is 4.40. The van der Waals surface area contributed by atoms with E-state index in [1.165, 1.54) is 12.2 Å². The molecule has 0 aliphatic carbocycles. The van der Waals surface area contributed by atoms with Crippen LogP contribution in [0.25, 0.3) is 0 Å². The molecule has 1 nitrogen and oxygen atoms in total. The molecule has 0 fully saturated rings. The van der Waals surface area contributed by atoms with E-state index in [0.717, 1.165) is 11.9 Å². The van der Waals surface area contributed by atoms with Gasteiger partial charge in [-0.1, -0.05) is 13.8 Å². The first kappa shape index (κ1) is 11.3. The summed E-state index contributed by atoms with van der Waals surface area (Å²) in [6.07, 6.45) is 1.56. The number of ether oxygens (including phenoxy) is 1. The van der Waals surface area contributed by atoms with Crippen LogP contribution in [0.3, 0.4) is 0 Å². The van der Waals surface area contributed by atoms with Crippen LogP contribution < -0.4 is 0 Å². The third-order valence-electron chi connectivity index (χ3n) is 1.43. The summed E-state index contributed by atoms with van der Waals surface area (Å²) in [7, 11) is 0. The Morgan fingerprint density at radius 2 is 1.91 bits per heavy atom. The highest BCUT2D eigenvalue weighted by Gasteiger charge is 2.01. The van der Waals surface area contributed by atoms with E-state index in [2.05, 4.69) is 27.7 Å². The highest BCUT2D eigenvalue weighted by Crippen LogP contribution is 2.13. The summed E-state index contributed by atoms with van der Waals surface area (Å²) in [5.74, 6) is 1.21. The quantitative estimate of drug-likeness (QED) is 0.615. The van der Waals surface area contributed by atoms with Crippen molar-refractivity contribution < 1.29 is 4.74 Å². The van der Waals surface area contributed by atoms with E-state index in [0.29, 0.717) is 6.10 Å². The van der Waals surface area contributed by atoms with Crippen LogP contribution in [0.1, 0.15) is 34.1 Å². The number of hydrogen-bond donors (Lipinski definition) is 0. The van der Waals surface area contributed by atoms with E-state index in [1.54, 1.807) is 0 Å². The molecular weight excluding hydrogens is 156 g/mol. The zero-order valence-corrected chi connectivity index (χ0v) is 8.91.